The molecule has 0 aliphatic heterocycles. The van der Waals surface area contributed by atoms with E-state index in [1.807, 2.05) is 0 Å². The molecule has 1 atom stereocenters. The molecule has 0 aromatic heterocycles. The Morgan fingerprint density at radius 3 is 2.37 bits per heavy atom. The average Bonchev–Trinajstić information content (AvgIpc) is 3.08. The van der Waals surface area contributed by atoms with Gasteiger partial charge in [-0.3, -0.25) is 4.79 Å². The Balaban J connectivity index is 2.09. The quantitative estimate of drug-likeness (QED) is 0.850. The molecular weight excluding hydrogens is 250 g/mol. The van der Waals surface area contributed by atoms with Crippen LogP contribution < -0.4 is 0 Å². The van der Waals surface area contributed by atoms with E-state index >= 15 is 0 Å². The summed E-state index contributed by atoms with van der Waals surface area (Å²) in [6, 6.07) is 6.97. The molecule has 0 saturated heterocycles. The van der Waals surface area contributed by atoms with Gasteiger partial charge in [-0.05, 0) is 42.7 Å². The molecule has 0 spiro atoms. The number of hydrogen-bond acceptors (Lipinski definition) is 1. The van der Waals surface area contributed by atoms with Gasteiger partial charge in [-0.15, -0.1) is 0 Å². The molecule has 1 aliphatic rings. The highest BCUT2D eigenvalue weighted by molar-refractivity contribution is 5.68. The predicted octanol–water partition coefficient (Wildman–Crippen LogP) is 3.85. The van der Waals surface area contributed by atoms with E-state index in [1.54, 1.807) is 24.3 Å². The second-order valence-electron chi connectivity index (χ2n) is 5.53. The third-order valence-electron chi connectivity index (χ3n) is 3.51. The van der Waals surface area contributed by atoms with Crippen molar-refractivity contribution in [2.45, 2.75) is 44.4 Å². The highest BCUT2D eigenvalue weighted by Gasteiger charge is 2.33. The van der Waals surface area contributed by atoms with Gasteiger partial charge in [-0.1, -0.05) is 24.3 Å². The summed E-state index contributed by atoms with van der Waals surface area (Å²) in [6.07, 6.45) is 1.97. The van der Waals surface area contributed by atoms with Crippen LogP contribution in [-0.2, 0) is 11.2 Å². The number of halogens is 2. The lowest BCUT2D eigenvalue weighted by Crippen LogP contribution is -2.13. The standard InChI is InChI=1S/C15H18F2O2/c1-15(16,17)9-10-2-4-11(5-3-10)13(8-14(18)19)12-6-7-12/h2-5,12-13H,6-9H2,1H3,(H,18,19). The van der Waals surface area contributed by atoms with E-state index in [2.05, 4.69) is 0 Å². The number of hydrogen-bond donors (Lipinski definition) is 1. The van der Waals surface area contributed by atoms with Gasteiger partial charge in [0.05, 0.1) is 6.42 Å². The number of rotatable bonds is 6. The first-order chi connectivity index (χ1) is 8.85. The number of carbonyl (C=O) groups is 1. The highest BCUT2D eigenvalue weighted by atomic mass is 19.3. The minimum atomic E-state index is -2.71. The molecule has 19 heavy (non-hydrogen) atoms. The first-order valence-electron chi connectivity index (χ1n) is 6.53. The molecule has 1 aromatic carbocycles. The summed E-state index contributed by atoms with van der Waals surface area (Å²) in [5, 5.41) is 8.93. The molecule has 4 heteroatoms. The molecule has 2 nitrogen and oxygen atoms in total. The average molecular weight is 268 g/mol. The molecule has 2 rings (SSSR count). The molecule has 1 unspecified atom stereocenters. The third-order valence-corrected chi connectivity index (χ3v) is 3.51. The third kappa shape index (κ3) is 4.30. The van der Waals surface area contributed by atoms with Gasteiger partial charge in [0.2, 0.25) is 5.92 Å². The lowest BCUT2D eigenvalue weighted by Gasteiger charge is -2.16. The van der Waals surface area contributed by atoms with Crippen LogP contribution in [0.5, 0.6) is 0 Å². The number of alkyl halides is 2. The van der Waals surface area contributed by atoms with E-state index in [-0.39, 0.29) is 18.8 Å². The number of aliphatic carboxylic acids is 1. The molecule has 0 heterocycles. The Bertz CT molecular complexity index is 444. The van der Waals surface area contributed by atoms with Gasteiger partial charge in [-0.2, -0.15) is 0 Å². The van der Waals surface area contributed by atoms with Crippen molar-refractivity contribution < 1.29 is 18.7 Å². The van der Waals surface area contributed by atoms with Gasteiger partial charge < -0.3 is 5.11 Å². The Morgan fingerprint density at radius 1 is 1.37 bits per heavy atom. The Hall–Kier alpha value is -1.45. The maximum atomic E-state index is 12.9. The van der Waals surface area contributed by atoms with Crippen LogP contribution in [0.4, 0.5) is 8.78 Å². The molecule has 1 N–H and O–H groups in total. The van der Waals surface area contributed by atoms with Crippen molar-refractivity contribution in [3.8, 4) is 0 Å². The van der Waals surface area contributed by atoms with Crippen molar-refractivity contribution in [2.24, 2.45) is 5.92 Å². The van der Waals surface area contributed by atoms with Gasteiger partial charge in [-0.25, -0.2) is 8.78 Å². The van der Waals surface area contributed by atoms with Crippen molar-refractivity contribution in [3.63, 3.8) is 0 Å². The smallest absolute Gasteiger partial charge is 0.303 e. The van der Waals surface area contributed by atoms with Crippen LogP contribution in [0, 0.1) is 5.92 Å². The van der Waals surface area contributed by atoms with E-state index in [1.165, 1.54) is 0 Å². The SMILES string of the molecule is CC(F)(F)Cc1ccc(C(CC(=O)O)C2CC2)cc1. The van der Waals surface area contributed by atoms with Gasteiger partial charge in [0.1, 0.15) is 0 Å². The first kappa shape index (κ1) is 14.0. The second kappa shape index (κ2) is 5.27. The Kier molecular flexibility index (Phi) is 3.88. The van der Waals surface area contributed by atoms with Gasteiger partial charge >= 0.3 is 5.97 Å². The molecule has 1 aliphatic carbocycles. The predicted molar refractivity (Wildman–Crippen MR) is 68.5 cm³/mol. The van der Waals surface area contributed by atoms with E-state index < -0.39 is 11.9 Å². The molecule has 0 amide bonds. The Labute approximate surface area is 111 Å². The van der Waals surface area contributed by atoms with E-state index in [0.717, 1.165) is 25.3 Å². The van der Waals surface area contributed by atoms with E-state index in [0.29, 0.717) is 11.5 Å². The van der Waals surface area contributed by atoms with Crippen LogP contribution in [0.2, 0.25) is 0 Å². The summed E-state index contributed by atoms with van der Waals surface area (Å²) in [4.78, 5) is 10.9. The topological polar surface area (TPSA) is 37.3 Å². The monoisotopic (exact) mass is 268 g/mol. The molecule has 1 saturated carbocycles. The van der Waals surface area contributed by atoms with Crippen LogP contribution in [0.25, 0.3) is 0 Å². The van der Waals surface area contributed by atoms with Crippen molar-refractivity contribution in [3.05, 3.63) is 35.4 Å². The zero-order valence-electron chi connectivity index (χ0n) is 10.9. The number of carboxylic acid groups (broad SMARTS) is 1. The van der Waals surface area contributed by atoms with Crippen LogP contribution in [-0.4, -0.2) is 17.0 Å². The fourth-order valence-corrected chi connectivity index (χ4v) is 2.48. The van der Waals surface area contributed by atoms with E-state index in [4.69, 9.17) is 5.11 Å². The van der Waals surface area contributed by atoms with Gasteiger partial charge in [0.15, 0.2) is 0 Å². The number of benzene rings is 1. The van der Waals surface area contributed by atoms with Crippen LogP contribution in [0.15, 0.2) is 24.3 Å². The summed E-state index contributed by atoms with van der Waals surface area (Å²) in [7, 11) is 0. The normalized spacial score (nSPS) is 17.2. The summed E-state index contributed by atoms with van der Waals surface area (Å²) in [5.41, 5.74) is 1.54. The minimum absolute atomic E-state index is 0.0219. The summed E-state index contributed by atoms with van der Waals surface area (Å²) >= 11 is 0. The van der Waals surface area contributed by atoms with Crippen molar-refractivity contribution in [1.82, 2.24) is 0 Å². The van der Waals surface area contributed by atoms with E-state index in [9.17, 15) is 13.6 Å². The zero-order chi connectivity index (χ0) is 14.0. The van der Waals surface area contributed by atoms with Gasteiger partial charge in [0, 0.05) is 6.42 Å². The molecule has 0 bridgehead atoms. The molecule has 104 valence electrons. The minimum Gasteiger partial charge on any atom is -0.481 e. The summed E-state index contributed by atoms with van der Waals surface area (Å²) < 4.78 is 25.8. The van der Waals surface area contributed by atoms with Crippen LogP contribution in [0.3, 0.4) is 0 Å². The maximum absolute atomic E-state index is 12.9. The fourth-order valence-electron chi connectivity index (χ4n) is 2.48. The van der Waals surface area contributed by atoms with Crippen molar-refractivity contribution >= 4 is 5.97 Å². The maximum Gasteiger partial charge on any atom is 0.303 e. The van der Waals surface area contributed by atoms with Crippen molar-refractivity contribution in [1.29, 1.82) is 0 Å². The van der Waals surface area contributed by atoms with Crippen molar-refractivity contribution in [2.75, 3.05) is 0 Å². The lowest BCUT2D eigenvalue weighted by atomic mass is 9.90. The first-order valence-corrected chi connectivity index (χ1v) is 6.53. The largest absolute Gasteiger partial charge is 0.481 e. The second-order valence-corrected chi connectivity index (χ2v) is 5.53. The summed E-state index contributed by atoms with van der Waals surface area (Å²) in [6.45, 7) is 0.901. The lowest BCUT2D eigenvalue weighted by molar-refractivity contribution is -0.137. The molecular formula is C15H18F2O2. The zero-order valence-corrected chi connectivity index (χ0v) is 10.9. The fraction of sp³-hybridized carbons (Fsp3) is 0.533. The van der Waals surface area contributed by atoms with Crippen LogP contribution >= 0.6 is 0 Å². The van der Waals surface area contributed by atoms with Crippen LogP contribution in [0.1, 0.15) is 43.2 Å². The number of carboxylic acids is 1. The molecule has 0 radical (unpaired) electrons. The Morgan fingerprint density at radius 2 is 1.95 bits per heavy atom. The highest BCUT2D eigenvalue weighted by Crippen LogP contribution is 2.44. The summed E-state index contributed by atoms with van der Waals surface area (Å²) in [5.74, 6) is -3.05. The molecule has 1 aromatic rings. The van der Waals surface area contributed by atoms with Gasteiger partial charge in [0.25, 0.3) is 0 Å². The molecule has 1 fully saturated rings.